The lowest BCUT2D eigenvalue weighted by atomic mass is 9.85. The van der Waals surface area contributed by atoms with Crippen LogP contribution in [0.3, 0.4) is 0 Å². The highest BCUT2D eigenvalue weighted by Crippen LogP contribution is 2.24. The maximum absolute atomic E-state index is 12.1. The molecule has 0 unspecified atom stereocenters. The molecule has 0 atom stereocenters. The molecule has 5 heteroatoms. The van der Waals surface area contributed by atoms with E-state index in [0.717, 1.165) is 65.1 Å². The van der Waals surface area contributed by atoms with E-state index in [0.29, 0.717) is 6.04 Å². The van der Waals surface area contributed by atoms with Crippen LogP contribution in [0.15, 0.2) is 0 Å². The molecular weight excluding hydrogens is 242 g/mol. The smallest absolute Gasteiger partial charge is 0.223 e. The van der Waals surface area contributed by atoms with Crippen molar-refractivity contribution in [2.24, 2.45) is 5.92 Å². The Balaban J connectivity index is 1.59. The molecule has 1 heterocycles. The van der Waals surface area contributed by atoms with E-state index in [9.17, 15) is 4.79 Å². The zero-order chi connectivity index (χ0) is 13.5. The fraction of sp³-hybridized carbons (Fsp3) is 0.929. The van der Waals surface area contributed by atoms with Gasteiger partial charge in [-0.25, -0.2) is 0 Å². The van der Waals surface area contributed by atoms with Gasteiger partial charge in [-0.3, -0.25) is 9.69 Å². The van der Waals surface area contributed by atoms with E-state index < -0.39 is 0 Å². The molecule has 0 aromatic rings. The van der Waals surface area contributed by atoms with E-state index in [2.05, 4.69) is 15.5 Å². The van der Waals surface area contributed by atoms with Crippen molar-refractivity contribution >= 4 is 5.91 Å². The maximum Gasteiger partial charge on any atom is 0.223 e. The highest BCUT2D eigenvalue weighted by atomic mass is 16.5. The minimum absolute atomic E-state index is 0.231. The van der Waals surface area contributed by atoms with E-state index in [-0.39, 0.29) is 11.8 Å². The number of nitrogens with one attached hydrogen (secondary N) is 2. The van der Waals surface area contributed by atoms with Crippen LogP contribution in [-0.4, -0.2) is 63.3 Å². The largest absolute Gasteiger partial charge is 0.379 e. The van der Waals surface area contributed by atoms with Crippen LogP contribution >= 0.6 is 0 Å². The van der Waals surface area contributed by atoms with E-state index in [1.165, 1.54) is 0 Å². The van der Waals surface area contributed by atoms with Gasteiger partial charge in [0.2, 0.25) is 5.91 Å². The van der Waals surface area contributed by atoms with Crippen molar-refractivity contribution in [1.29, 1.82) is 0 Å². The first kappa shape index (κ1) is 14.8. The van der Waals surface area contributed by atoms with Gasteiger partial charge in [-0.15, -0.1) is 0 Å². The van der Waals surface area contributed by atoms with Crippen LogP contribution in [0.5, 0.6) is 0 Å². The molecule has 2 N–H and O–H groups in total. The molecule has 19 heavy (non-hydrogen) atoms. The summed E-state index contributed by atoms with van der Waals surface area (Å²) in [6.45, 7) is 5.34. The fourth-order valence-corrected chi connectivity index (χ4v) is 2.95. The Labute approximate surface area is 116 Å². The van der Waals surface area contributed by atoms with Gasteiger partial charge in [0.1, 0.15) is 0 Å². The van der Waals surface area contributed by atoms with Gasteiger partial charge in [0.05, 0.1) is 13.2 Å². The second kappa shape index (κ2) is 7.82. The number of ether oxygens (including phenoxy) is 1. The lowest BCUT2D eigenvalue weighted by Gasteiger charge is -2.29. The van der Waals surface area contributed by atoms with Crippen LogP contribution in [0, 0.1) is 5.92 Å². The van der Waals surface area contributed by atoms with Crippen LogP contribution in [0.1, 0.15) is 25.7 Å². The highest BCUT2D eigenvalue weighted by Gasteiger charge is 2.25. The molecule has 0 bridgehead atoms. The normalized spacial score (nSPS) is 29.1. The summed E-state index contributed by atoms with van der Waals surface area (Å²) in [7, 11) is 2.01. The standard InChI is InChI=1S/C14H27N3O2/c1-15-13-4-2-12(3-5-13)14(18)16-6-7-17-8-10-19-11-9-17/h12-13,15H,2-11H2,1H3,(H,16,18). The highest BCUT2D eigenvalue weighted by molar-refractivity contribution is 5.78. The van der Waals surface area contributed by atoms with Crippen LogP contribution in [0.4, 0.5) is 0 Å². The van der Waals surface area contributed by atoms with Crippen LogP contribution in [0.2, 0.25) is 0 Å². The van der Waals surface area contributed by atoms with Crippen molar-refractivity contribution in [2.45, 2.75) is 31.7 Å². The van der Waals surface area contributed by atoms with Crippen molar-refractivity contribution in [3.8, 4) is 0 Å². The molecule has 0 aromatic heterocycles. The average molecular weight is 269 g/mol. The molecule has 2 rings (SSSR count). The third-order valence-electron chi connectivity index (χ3n) is 4.34. The van der Waals surface area contributed by atoms with Crippen LogP contribution in [0.25, 0.3) is 0 Å². The Kier molecular flexibility index (Phi) is 6.07. The number of nitrogens with zero attached hydrogens (tertiary/aromatic N) is 1. The van der Waals surface area contributed by atoms with Crippen molar-refractivity contribution in [3.05, 3.63) is 0 Å². The summed E-state index contributed by atoms with van der Waals surface area (Å²) < 4.78 is 5.31. The summed E-state index contributed by atoms with van der Waals surface area (Å²) in [5.74, 6) is 0.483. The van der Waals surface area contributed by atoms with Crippen molar-refractivity contribution < 1.29 is 9.53 Å². The number of rotatable bonds is 5. The summed E-state index contributed by atoms with van der Waals surface area (Å²) in [4.78, 5) is 14.4. The van der Waals surface area contributed by atoms with Gasteiger partial charge in [0, 0.05) is 38.1 Å². The van der Waals surface area contributed by atoms with Gasteiger partial charge in [0.15, 0.2) is 0 Å². The Morgan fingerprint density at radius 2 is 1.89 bits per heavy atom. The SMILES string of the molecule is CNC1CCC(C(=O)NCCN2CCOCC2)CC1. The molecule has 1 amide bonds. The Morgan fingerprint density at radius 3 is 2.53 bits per heavy atom. The summed E-state index contributed by atoms with van der Waals surface area (Å²) >= 11 is 0. The molecule has 0 spiro atoms. The third-order valence-corrected chi connectivity index (χ3v) is 4.34. The first-order valence-corrected chi connectivity index (χ1v) is 7.54. The van der Waals surface area contributed by atoms with Gasteiger partial charge in [-0.2, -0.15) is 0 Å². The molecule has 0 aromatic carbocycles. The van der Waals surface area contributed by atoms with Gasteiger partial charge in [-0.05, 0) is 32.7 Å². The summed E-state index contributed by atoms with van der Waals surface area (Å²) in [6, 6.07) is 0.609. The number of carbonyl (C=O) groups excluding carboxylic acids is 1. The lowest BCUT2D eigenvalue weighted by Crippen LogP contribution is -2.43. The first-order chi connectivity index (χ1) is 9.29. The van der Waals surface area contributed by atoms with Crippen LogP contribution < -0.4 is 10.6 Å². The molecule has 5 nitrogen and oxygen atoms in total. The van der Waals surface area contributed by atoms with Crippen molar-refractivity contribution in [2.75, 3.05) is 46.4 Å². The molecule has 2 fully saturated rings. The quantitative estimate of drug-likeness (QED) is 0.749. The zero-order valence-electron chi connectivity index (χ0n) is 12.0. The molecule has 110 valence electrons. The molecule has 1 aliphatic heterocycles. The summed E-state index contributed by atoms with van der Waals surface area (Å²) in [5, 5.41) is 6.39. The molecule has 1 saturated heterocycles. The topological polar surface area (TPSA) is 53.6 Å². The predicted octanol–water partition coefficient (Wildman–Crippen LogP) is 0.213. The molecule has 2 aliphatic rings. The monoisotopic (exact) mass is 269 g/mol. The van der Waals surface area contributed by atoms with E-state index >= 15 is 0 Å². The Morgan fingerprint density at radius 1 is 1.21 bits per heavy atom. The van der Waals surface area contributed by atoms with Gasteiger partial charge in [0.25, 0.3) is 0 Å². The fourth-order valence-electron chi connectivity index (χ4n) is 2.95. The predicted molar refractivity (Wildman–Crippen MR) is 75.1 cm³/mol. The molecule has 0 radical (unpaired) electrons. The minimum atomic E-state index is 0.231. The summed E-state index contributed by atoms with van der Waals surface area (Å²) in [5.41, 5.74) is 0. The van der Waals surface area contributed by atoms with Crippen molar-refractivity contribution in [3.63, 3.8) is 0 Å². The number of carbonyl (C=O) groups is 1. The molecule has 1 aliphatic carbocycles. The van der Waals surface area contributed by atoms with Gasteiger partial charge in [-0.1, -0.05) is 0 Å². The second-order valence-corrected chi connectivity index (χ2v) is 5.58. The zero-order valence-corrected chi connectivity index (χ0v) is 12.0. The molecular formula is C14H27N3O2. The Bertz CT molecular complexity index is 272. The van der Waals surface area contributed by atoms with Gasteiger partial charge >= 0.3 is 0 Å². The third kappa shape index (κ3) is 4.75. The number of amides is 1. The number of hydrogen-bond acceptors (Lipinski definition) is 4. The lowest BCUT2D eigenvalue weighted by molar-refractivity contribution is -0.126. The maximum atomic E-state index is 12.1. The Hall–Kier alpha value is -0.650. The average Bonchev–Trinajstić information content (AvgIpc) is 2.48. The summed E-state index contributed by atoms with van der Waals surface area (Å²) in [6.07, 6.45) is 4.29. The van der Waals surface area contributed by atoms with E-state index in [1.54, 1.807) is 0 Å². The van der Waals surface area contributed by atoms with E-state index in [1.807, 2.05) is 7.05 Å². The van der Waals surface area contributed by atoms with Crippen molar-refractivity contribution in [1.82, 2.24) is 15.5 Å². The minimum Gasteiger partial charge on any atom is -0.379 e. The van der Waals surface area contributed by atoms with E-state index in [4.69, 9.17) is 4.74 Å². The second-order valence-electron chi connectivity index (χ2n) is 5.58. The molecule has 1 saturated carbocycles. The van der Waals surface area contributed by atoms with Gasteiger partial charge < -0.3 is 15.4 Å². The number of hydrogen-bond donors (Lipinski definition) is 2. The number of morpholine rings is 1. The van der Waals surface area contributed by atoms with Crippen LogP contribution in [-0.2, 0) is 9.53 Å². The first-order valence-electron chi connectivity index (χ1n) is 7.54.